The number of rotatable bonds is 6. The molecule has 1 aliphatic heterocycles. The van der Waals surface area contributed by atoms with Gasteiger partial charge in [0.05, 0.1) is 12.5 Å². The minimum absolute atomic E-state index is 0.465. The zero-order valence-electron chi connectivity index (χ0n) is 11.6. The third-order valence-corrected chi connectivity index (χ3v) is 3.83. The fourth-order valence-electron chi connectivity index (χ4n) is 2.54. The minimum Gasteiger partial charge on any atom is -0.492 e. The monoisotopic (exact) mass is 258 g/mol. The number of hydrogen-bond donors (Lipinski definition) is 0. The third-order valence-electron chi connectivity index (χ3n) is 3.83. The molecule has 0 aliphatic carbocycles. The second-order valence-corrected chi connectivity index (χ2v) is 5.19. The number of nitrogens with zero attached hydrogens (tertiary/aromatic N) is 2. The number of nitriles is 1. The highest BCUT2D eigenvalue weighted by Gasteiger charge is 2.20. The van der Waals surface area contributed by atoms with Crippen LogP contribution in [-0.4, -0.2) is 31.1 Å². The van der Waals surface area contributed by atoms with Crippen molar-refractivity contribution in [3.05, 3.63) is 29.8 Å². The van der Waals surface area contributed by atoms with Gasteiger partial charge in [0, 0.05) is 13.1 Å². The molecule has 1 aromatic carbocycles. The smallest absolute Gasteiger partial charge is 0.119 e. The molecule has 3 nitrogen and oxygen atoms in total. The van der Waals surface area contributed by atoms with Gasteiger partial charge in [-0.15, -0.1) is 0 Å². The molecule has 1 aliphatic rings. The van der Waals surface area contributed by atoms with E-state index < -0.39 is 0 Å². The summed E-state index contributed by atoms with van der Waals surface area (Å²) in [5.41, 5.74) is 1.04. The Hall–Kier alpha value is -1.53. The summed E-state index contributed by atoms with van der Waals surface area (Å²) in [5, 5.41) is 8.61. The second-order valence-electron chi connectivity index (χ2n) is 5.19. The molecule has 1 unspecified atom stereocenters. The van der Waals surface area contributed by atoms with Crippen molar-refractivity contribution >= 4 is 0 Å². The van der Waals surface area contributed by atoms with Crippen LogP contribution in [0.1, 0.15) is 25.3 Å². The van der Waals surface area contributed by atoms with Gasteiger partial charge in [0.15, 0.2) is 0 Å². The third kappa shape index (κ3) is 4.25. The van der Waals surface area contributed by atoms with Crippen molar-refractivity contribution in [2.24, 2.45) is 5.92 Å². The van der Waals surface area contributed by atoms with E-state index in [4.69, 9.17) is 10.00 Å². The molecule has 102 valence electrons. The maximum Gasteiger partial charge on any atom is 0.119 e. The summed E-state index contributed by atoms with van der Waals surface area (Å²) < 4.78 is 5.75. The van der Waals surface area contributed by atoms with Gasteiger partial charge in [0.1, 0.15) is 12.4 Å². The van der Waals surface area contributed by atoms with Crippen LogP contribution in [-0.2, 0) is 6.42 Å². The normalized spacial score (nSPS) is 19.3. The lowest BCUT2D eigenvalue weighted by Gasteiger charge is -2.16. The van der Waals surface area contributed by atoms with Crippen LogP contribution < -0.4 is 4.74 Å². The fraction of sp³-hybridized carbons (Fsp3) is 0.562. The standard InChI is InChI=1S/C16H22N2O/c1-2-14-8-10-18(13-14)11-12-19-16-5-3-15(4-6-16)7-9-17/h3-6,14H,2,7-8,10-13H2,1H3. The minimum atomic E-state index is 0.465. The van der Waals surface area contributed by atoms with Gasteiger partial charge < -0.3 is 4.74 Å². The molecule has 3 heteroatoms. The number of ether oxygens (including phenoxy) is 1. The Bertz CT molecular complexity index is 421. The second kappa shape index (κ2) is 7.16. The van der Waals surface area contributed by atoms with Crippen molar-refractivity contribution in [1.29, 1.82) is 5.26 Å². The maximum absolute atomic E-state index is 8.61. The van der Waals surface area contributed by atoms with Crippen LogP contribution in [0.2, 0.25) is 0 Å². The van der Waals surface area contributed by atoms with Crippen LogP contribution in [0.25, 0.3) is 0 Å². The van der Waals surface area contributed by atoms with Gasteiger partial charge in [-0.2, -0.15) is 5.26 Å². The molecule has 0 amide bonds. The average Bonchev–Trinajstić information content (AvgIpc) is 2.89. The first-order valence-electron chi connectivity index (χ1n) is 7.13. The first-order valence-corrected chi connectivity index (χ1v) is 7.13. The lowest BCUT2D eigenvalue weighted by molar-refractivity contribution is 0.232. The molecule has 1 atom stereocenters. The lowest BCUT2D eigenvalue weighted by Crippen LogP contribution is -2.26. The summed E-state index contributed by atoms with van der Waals surface area (Å²) in [4.78, 5) is 2.48. The molecular weight excluding hydrogens is 236 g/mol. The van der Waals surface area contributed by atoms with Crippen molar-refractivity contribution in [2.45, 2.75) is 26.2 Å². The van der Waals surface area contributed by atoms with Gasteiger partial charge in [-0.05, 0) is 36.6 Å². The largest absolute Gasteiger partial charge is 0.492 e. The molecule has 0 bridgehead atoms. The highest BCUT2D eigenvalue weighted by atomic mass is 16.5. The van der Waals surface area contributed by atoms with E-state index in [9.17, 15) is 0 Å². The molecule has 0 N–H and O–H groups in total. The maximum atomic E-state index is 8.61. The van der Waals surface area contributed by atoms with Crippen LogP contribution in [0.5, 0.6) is 5.75 Å². The first-order chi connectivity index (χ1) is 9.31. The average molecular weight is 258 g/mol. The van der Waals surface area contributed by atoms with E-state index in [1.165, 1.54) is 25.9 Å². The molecule has 0 saturated carbocycles. The number of benzene rings is 1. The van der Waals surface area contributed by atoms with Crippen molar-refractivity contribution in [3.63, 3.8) is 0 Å². The van der Waals surface area contributed by atoms with Gasteiger partial charge in [-0.3, -0.25) is 4.90 Å². The Morgan fingerprint density at radius 3 is 2.79 bits per heavy atom. The first kappa shape index (κ1) is 13.9. The molecular formula is C16H22N2O. The summed E-state index contributed by atoms with van der Waals surface area (Å²) >= 11 is 0. The fourth-order valence-corrected chi connectivity index (χ4v) is 2.54. The molecule has 0 radical (unpaired) electrons. The summed E-state index contributed by atoms with van der Waals surface area (Å²) in [5.74, 6) is 1.78. The van der Waals surface area contributed by atoms with Crippen molar-refractivity contribution < 1.29 is 4.74 Å². The Balaban J connectivity index is 1.69. The van der Waals surface area contributed by atoms with E-state index in [-0.39, 0.29) is 0 Å². The highest BCUT2D eigenvalue weighted by molar-refractivity contribution is 5.28. The Kier molecular flexibility index (Phi) is 5.23. The Morgan fingerprint density at radius 1 is 1.37 bits per heavy atom. The Labute approximate surface area is 115 Å². The molecule has 0 aromatic heterocycles. The highest BCUT2D eigenvalue weighted by Crippen LogP contribution is 2.18. The summed E-state index contributed by atoms with van der Waals surface area (Å²) in [7, 11) is 0. The van der Waals surface area contributed by atoms with Crippen LogP contribution in [0.15, 0.2) is 24.3 Å². The topological polar surface area (TPSA) is 36.3 Å². The summed E-state index contributed by atoms with van der Waals surface area (Å²) in [6, 6.07) is 9.97. The van der Waals surface area contributed by atoms with E-state index >= 15 is 0 Å². The molecule has 1 aromatic rings. The number of likely N-dealkylation sites (tertiary alicyclic amines) is 1. The van der Waals surface area contributed by atoms with Crippen LogP contribution >= 0.6 is 0 Å². The van der Waals surface area contributed by atoms with Gasteiger partial charge in [-0.1, -0.05) is 25.5 Å². The van der Waals surface area contributed by atoms with E-state index in [1.807, 2.05) is 24.3 Å². The Morgan fingerprint density at radius 2 is 2.16 bits per heavy atom. The van der Waals surface area contributed by atoms with E-state index in [0.29, 0.717) is 6.42 Å². The van der Waals surface area contributed by atoms with Crippen molar-refractivity contribution in [1.82, 2.24) is 4.90 Å². The molecule has 1 fully saturated rings. The SMILES string of the molecule is CCC1CCN(CCOc2ccc(CC#N)cc2)C1. The predicted octanol–water partition coefficient (Wildman–Crippen LogP) is 2.86. The molecule has 2 rings (SSSR count). The lowest BCUT2D eigenvalue weighted by atomic mass is 10.1. The molecule has 1 saturated heterocycles. The van der Waals surface area contributed by atoms with Gasteiger partial charge >= 0.3 is 0 Å². The van der Waals surface area contributed by atoms with Crippen molar-refractivity contribution in [2.75, 3.05) is 26.2 Å². The van der Waals surface area contributed by atoms with Gasteiger partial charge in [0.25, 0.3) is 0 Å². The predicted molar refractivity (Wildman–Crippen MR) is 76.1 cm³/mol. The number of hydrogen-bond acceptors (Lipinski definition) is 3. The summed E-state index contributed by atoms with van der Waals surface area (Å²) in [6.07, 6.45) is 3.09. The molecule has 0 spiro atoms. The molecule has 19 heavy (non-hydrogen) atoms. The van der Waals surface area contributed by atoms with Crippen LogP contribution in [0.4, 0.5) is 0 Å². The quantitative estimate of drug-likeness (QED) is 0.787. The summed E-state index contributed by atoms with van der Waals surface area (Å²) in [6.45, 7) is 6.46. The van der Waals surface area contributed by atoms with E-state index in [0.717, 1.165) is 30.4 Å². The van der Waals surface area contributed by atoms with Crippen LogP contribution in [0.3, 0.4) is 0 Å². The van der Waals surface area contributed by atoms with E-state index in [2.05, 4.69) is 17.9 Å². The van der Waals surface area contributed by atoms with Gasteiger partial charge in [-0.25, -0.2) is 0 Å². The van der Waals surface area contributed by atoms with E-state index in [1.54, 1.807) is 0 Å². The zero-order valence-corrected chi connectivity index (χ0v) is 11.6. The zero-order chi connectivity index (χ0) is 13.5. The van der Waals surface area contributed by atoms with Crippen molar-refractivity contribution in [3.8, 4) is 11.8 Å². The molecule has 1 heterocycles. The van der Waals surface area contributed by atoms with Gasteiger partial charge in [0.2, 0.25) is 0 Å². The van der Waals surface area contributed by atoms with Crippen LogP contribution in [0, 0.1) is 17.2 Å².